The minimum atomic E-state index is -3.77. The Morgan fingerprint density at radius 1 is 1.08 bits per heavy atom. The van der Waals surface area contributed by atoms with Crippen molar-refractivity contribution in [2.75, 3.05) is 17.3 Å². The summed E-state index contributed by atoms with van der Waals surface area (Å²) in [6.07, 6.45) is 2.33. The molecule has 0 saturated heterocycles. The molecule has 0 aromatic heterocycles. The zero-order chi connectivity index (χ0) is 19.2. The Kier molecular flexibility index (Phi) is 7.25. The topological polar surface area (TPSA) is 75.3 Å². The van der Waals surface area contributed by atoms with E-state index in [0.717, 1.165) is 11.1 Å². The summed E-state index contributed by atoms with van der Waals surface area (Å²) in [5.74, 6) is 0.314. The molecule has 1 amide bonds. The van der Waals surface area contributed by atoms with E-state index in [1.807, 2.05) is 38.3 Å². The standard InChI is InChI=1S/C19H24N2O3S2/c1-14-8-7-11-17(15(14)2)20-19(22)18(12-13-25-3)21-26(23,24)16-9-5-4-6-10-16/h4-11,18,21H,12-13H2,1-3H3,(H,20,22)/t18-/m0/s1. The molecule has 7 heteroatoms. The predicted octanol–water partition coefficient (Wildman–Crippen LogP) is 3.34. The van der Waals surface area contributed by atoms with Gasteiger partial charge in [0.15, 0.2) is 0 Å². The average molecular weight is 393 g/mol. The fourth-order valence-corrected chi connectivity index (χ4v) is 4.16. The zero-order valence-corrected chi connectivity index (χ0v) is 16.8. The maximum atomic E-state index is 12.7. The number of anilines is 1. The summed E-state index contributed by atoms with van der Waals surface area (Å²) >= 11 is 1.57. The molecule has 26 heavy (non-hydrogen) atoms. The van der Waals surface area contributed by atoms with E-state index in [-0.39, 0.29) is 10.8 Å². The smallest absolute Gasteiger partial charge is 0.242 e. The SMILES string of the molecule is CSCC[C@H](NS(=O)(=O)c1ccccc1)C(=O)Nc1cccc(C)c1C. The number of sulfonamides is 1. The fourth-order valence-electron chi connectivity index (χ4n) is 2.44. The van der Waals surface area contributed by atoms with Gasteiger partial charge in [0.1, 0.15) is 6.04 Å². The molecule has 2 N–H and O–H groups in total. The van der Waals surface area contributed by atoms with Crippen LogP contribution < -0.4 is 10.0 Å². The van der Waals surface area contributed by atoms with E-state index < -0.39 is 16.1 Å². The third-order valence-corrected chi connectivity index (χ3v) is 6.27. The highest BCUT2D eigenvalue weighted by Crippen LogP contribution is 2.19. The normalized spacial score (nSPS) is 12.6. The summed E-state index contributed by atoms with van der Waals surface area (Å²) in [4.78, 5) is 12.9. The van der Waals surface area contributed by atoms with Gasteiger partial charge in [0, 0.05) is 5.69 Å². The summed E-state index contributed by atoms with van der Waals surface area (Å²) in [6.45, 7) is 3.89. The molecule has 0 saturated carbocycles. The molecule has 2 aromatic rings. The molecule has 0 aliphatic rings. The highest BCUT2D eigenvalue weighted by Gasteiger charge is 2.25. The minimum absolute atomic E-state index is 0.147. The number of aryl methyl sites for hydroxylation is 1. The second-order valence-corrected chi connectivity index (χ2v) is 8.70. The molecule has 1 atom stereocenters. The summed E-state index contributed by atoms with van der Waals surface area (Å²) in [5.41, 5.74) is 2.73. The summed E-state index contributed by atoms with van der Waals surface area (Å²) in [6, 6.07) is 12.9. The van der Waals surface area contributed by atoms with Crippen LogP contribution in [0, 0.1) is 13.8 Å². The van der Waals surface area contributed by atoms with Crippen molar-refractivity contribution in [2.45, 2.75) is 31.2 Å². The predicted molar refractivity (Wildman–Crippen MR) is 108 cm³/mol. The van der Waals surface area contributed by atoms with E-state index in [9.17, 15) is 13.2 Å². The number of nitrogens with one attached hydrogen (secondary N) is 2. The summed E-state index contributed by atoms with van der Waals surface area (Å²) < 4.78 is 27.7. The van der Waals surface area contributed by atoms with Crippen LogP contribution in [0.3, 0.4) is 0 Å². The fraction of sp³-hybridized carbons (Fsp3) is 0.316. The molecule has 0 bridgehead atoms. The number of rotatable bonds is 8. The number of carbonyl (C=O) groups is 1. The van der Waals surface area contributed by atoms with Crippen molar-refractivity contribution < 1.29 is 13.2 Å². The monoisotopic (exact) mass is 392 g/mol. The van der Waals surface area contributed by atoms with Gasteiger partial charge in [-0.05, 0) is 61.6 Å². The van der Waals surface area contributed by atoms with Crippen molar-refractivity contribution >= 4 is 33.4 Å². The highest BCUT2D eigenvalue weighted by molar-refractivity contribution is 7.98. The van der Waals surface area contributed by atoms with Crippen LogP contribution in [0.2, 0.25) is 0 Å². The Morgan fingerprint density at radius 3 is 2.42 bits per heavy atom. The molecule has 0 heterocycles. The molecular weight excluding hydrogens is 368 g/mol. The first-order chi connectivity index (χ1) is 12.3. The molecule has 140 valence electrons. The van der Waals surface area contributed by atoms with Gasteiger partial charge in [-0.25, -0.2) is 8.42 Å². The Hall–Kier alpha value is -1.83. The van der Waals surface area contributed by atoms with Crippen molar-refractivity contribution in [1.29, 1.82) is 0 Å². The molecule has 0 spiro atoms. The molecule has 0 aliphatic heterocycles. The molecule has 2 aromatic carbocycles. The second kappa shape index (κ2) is 9.21. The lowest BCUT2D eigenvalue weighted by atomic mass is 10.1. The Balaban J connectivity index is 2.21. The van der Waals surface area contributed by atoms with Crippen LogP contribution >= 0.6 is 11.8 Å². The summed E-state index contributed by atoms with van der Waals surface area (Å²) in [7, 11) is -3.77. The Labute approximate surface area is 159 Å². The van der Waals surface area contributed by atoms with Crippen molar-refractivity contribution in [3.8, 4) is 0 Å². The first-order valence-electron chi connectivity index (χ1n) is 8.28. The lowest BCUT2D eigenvalue weighted by Crippen LogP contribution is -2.44. The second-order valence-electron chi connectivity index (χ2n) is 6.01. The number of amides is 1. The largest absolute Gasteiger partial charge is 0.324 e. The van der Waals surface area contributed by atoms with E-state index in [1.54, 1.807) is 30.0 Å². The molecule has 0 radical (unpaired) electrons. The Morgan fingerprint density at radius 2 is 1.77 bits per heavy atom. The first kappa shape index (κ1) is 20.5. The van der Waals surface area contributed by atoms with Crippen LogP contribution in [-0.2, 0) is 14.8 Å². The van der Waals surface area contributed by atoms with Gasteiger partial charge in [-0.1, -0.05) is 30.3 Å². The molecule has 0 unspecified atom stereocenters. The van der Waals surface area contributed by atoms with Gasteiger partial charge in [-0.3, -0.25) is 4.79 Å². The molecule has 0 fully saturated rings. The first-order valence-corrected chi connectivity index (χ1v) is 11.2. The molecular formula is C19H24N2O3S2. The van der Waals surface area contributed by atoms with Gasteiger partial charge >= 0.3 is 0 Å². The van der Waals surface area contributed by atoms with Crippen molar-refractivity contribution in [3.05, 3.63) is 59.7 Å². The number of thioether (sulfide) groups is 1. The van der Waals surface area contributed by atoms with Gasteiger partial charge in [0.2, 0.25) is 15.9 Å². The lowest BCUT2D eigenvalue weighted by Gasteiger charge is -2.19. The Bertz CT molecular complexity index is 852. The maximum Gasteiger partial charge on any atom is 0.242 e. The molecule has 5 nitrogen and oxygen atoms in total. The van der Waals surface area contributed by atoms with Crippen LogP contribution in [0.4, 0.5) is 5.69 Å². The van der Waals surface area contributed by atoms with E-state index in [4.69, 9.17) is 0 Å². The average Bonchev–Trinajstić information content (AvgIpc) is 2.63. The zero-order valence-electron chi connectivity index (χ0n) is 15.2. The molecule has 2 rings (SSSR count). The molecule has 0 aliphatic carbocycles. The summed E-state index contributed by atoms with van der Waals surface area (Å²) in [5, 5.41) is 2.86. The maximum absolute atomic E-state index is 12.7. The van der Waals surface area contributed by atoms with E-state index >= 15 is 0 Å². The van der Waals surface area contributed by atoms with Crippen molar-refractivity contribution in [2.24, 2.45) is 0 Å². The van der Waals surface area contributed by atoms with Gasteiger partial charge in [0.05, 0.1) is 4.90 Å². The number of hydrogen-bond acceptors (Lipinski definition) is 4. The van der Waals surface area contributed by atoms with Crippen LogP contribution in [-0.4, -0.2) is 32.4 Å². The van der Waals surface area contributed by atoms with E-state index in [0.29, 0.717) is 17.9 Å². The van der Waals surface area contributed by atoms with Gasteiger partial charge < -0.3 is 5.32 Å². The van der Waals surface area contributed by atoms with Crippen LogP contribution in [0.25, 0.3) is 0 Å². The van der Waals surface area contributed by atoms with Crippen molar-refractivity contribution in [1.82, 2.24) is 4.72 Å². The number of benzene rings is 2. The van der Waals surface area contributed by atoms with Crippen LogP contribution in [0.5, 0.6) is 0 Å². The van der Waals surface area contributed by atoms with E-state index in [2.05, 4.69) is 10.0 Å². The number of carbonyl (C=O) groups excluding carboxylic acids is 1. The quantitative estimate of drug-likeness (QED) is 0.722. The van der Waals surface area contributed by atoms with Crippen molar-refractivity contribution in [3.63, 3.8) is 0 Å². The number of hydrogen-bond donors (Lipinski definition) is 2. The van der Waals surface area contributed by atoms with E-state index in [1.165, 1.54) is 12.1 Å². The van der Waals surface area contributed by atoms with Gasteiger partial charge in [-0.15, -0.1) is 0 Å². The minimum Gasteiger partial charge on any atom is -0.324 e. The highest BCUT2D eigenvalue weighted by atomic mass is 32.2. The van der Waals surface area contributed by atoms with Crippen LogP contribution in [0.15, 0.2) is 53.4 Å². The lowest BCUT2D eigenvalue weighted by molar-refractivity contribution is -0.117. The van der Waals surface area contributed by atoms with Gasteiger partial charge in [0.25, 0.3) is 0 Å². The third kappa shape index (κ3) is 5.33. The van der Waals surface area contributed by atoms with Crippen LogP contribution in [0.1, 0.15) is 17.5 Å². The van der Waals surface area contributed by atoms with Gasteiger partial charge in [-0.2, -0.15) is 16.5 Å². The third-order valence-electron chi connectivity index (χ3n) is 4.14.